The van der Waals surface area contributed by atoms with Gasteiger partial charge >= 0.3 is 5.69 Å². The van der Waals surface area contributed by atoms with Crippen molar-refractivity contribution in [2.24, 2.45) is 14.1 Å². The number of carbonyl (C=O) groups excluding carboxylic acids is 1. The summed E-state index contributed by atoms with van der Waals surface area (Å²) < 4.78 is 6.08. The van der Waals surface area contributed by atoms with Crippen molar-refractivity contribution in [3.63, 3.8) is 0 Å². The highest BCUT2D eigenvalue weighted by Crippen LogP contribution is 2.15. The Hall–Kier alpha value is -3.95. The highest BCUT2D eigenvalue weighted by Gasteiger charge is 2.15. The molecule has 0 fully saturated rings. The normalized spacial score (nSPS) is 11.3. The van der Waals surface area contributed by atoms with Crippen LogP contribution in [0, 0.1) is 13.8 Å². The maximum atomic E-state index is 12.5. The zero-order chi connectivity index (χ0) is 24.4. The molecule has 4 rings (SSSR count). The van der Waals surface area contributed by atoms with Gasteiger partial charge in [0, 0.05) is 44.9 Å². The molecule has 0 saturated carbocycles. The SMILES string of the molecule is Cc1nn(Cc2ccccc2)c(C)c1CNC(=O)CCCn1cnc2c1c(=O)n(C)c(=O)n2C. The van der Waals surface area contributed by atoms with Crippen molar-refractivity contribution >= 4 is 17.1 Å². The van der Waals surface area contributed by atoms with Crippen LogP contribution in [0.25, 0.3) is 11.2 Å². The van der Waals surface area contributed by atoms with Gasteiger partial charge in [0.2, 0.25) is 5.91 Å². The summed E-state index contributed by atoms with van der Waals surface area (Å²) in [7, 11) is 3.03. The number of nitrogens with one attached hydrogen (secondary N) is 1. The summed E-state index contributed by atoms with van der Waals surface area (Å²) in [6, 6.07) is 10.1. The first-order valence-electron chi connectivity index (χ1n) is 11.2. The molecule has 1 N–H and O–H groups in total. The minimum Gasteiger partial charge on any atom is -0.352 e. The zero-order valence-electron chi connectivity index (χ0n) is 19.9. The molecule has 0 bridgehead atoms. The van der Waals surface area contributed by atoms with E-state index in [4.69, 9.17) is 0 Å². The quantitative estimate of drug-likeness (QED) is 0.425. The Bertz CT molecular complexity index is 1460. The van der Waals surface area contributed by atoms with Crippen molar-refractivity contribution < 1.29 is 4.79 Å². The molecule has 3 aromatic heterocycles. The highest BCUT2D eigenvalue weighted by atomic mass is 16.2. The molecule has 0 aliphatic carbocycles. The summed E-state index contributed by atoms with van der Waals surface area (Å²) in [6.07, 6.45) is 2.38. The number of benzene rings is 1. The molecule has 0 radical (unpaired) electrons. The van der Waals surface area contributed by atoms with Crippen LogP contribution in [0.5, 0.6) is 0 Å². The predicted octanol–water partition coefficient (Wildman–Crippen LogP) is 1.39. The van der Waals surface area contributed by atoms with E-state index >= 15 is 0 Å². The molecule has 0 aliphatic heterocycles. The van der Waals surface area contributed by atoms with Gasteiger partial charge in [0.15, 0.2) is 11.2 Å². The van der Waals surface area contributed by atoms with Crippen molar-refractivity contribution in [1.82, 2.24) is 33.8 Å². The minimum absolute atomic E-state index is 0.0701. The first-order valence-corrected chi connectivity index (χ1v) is 11.2. The number of hydrogen-bond acceptors (Lipinski definition) is 5. The fourth-order valence-corrected chi connectivity index (χ4v) is 4.15. The van der Waals surface area contributed by atoms with Crippen molar-refractivity contribution in [2.45, 2.75) is 46.3 Å². The van der Waals surface area contributed by atoms with Crippen LogP contribution in [-0.2, 0) is 38.5 Å². The molecule has 4 aromatic rings. The molecule has 10 heteroatoms. The third kappa shape index (κ3) is 4.43. The third-order valence-electron chi connectivity index (χ3n) is 6.19. The fraction of sp³-hybridized carbons (Fsp3) is 0.375. The van der Waals surface area contributed by atoms with Crippen molar-refractivity contribution in [1.29, 1.82) is 0 Å². The second kappa shape index (κ2) is 9.50. The van der Waals surface area contributed by atoms with E-state index in [9.17, 15) is 14.4 Å². The Morgan fingerprint density at radius 3 is 2.53 bits per heavy atom. The van der Waals surface area contributed by atoms with Gasteiger partial charge < -0.3 is 9.88 Å². The Morgan fingerprint density at radius 2 is 1.79 bits per heavy atom. The van der Waals surface area contributed by atoms with Gasteiger partial charge in [-0.05, 0) is 25.8 Å². The second-order valence-electron chi connectivity index (χ2n) is 8.49. The van der Waals surface area contributed by atoms with Gasteiger partial charge in [0.25, 0.3) is 5.56 Å². The van der Waals surface area contributed by atoms with Crippen LogP contribution in [0.15, 0.2) is 46.2 Å². The van der Waals surface area contributed by atoms with E-state index in [1.807, 2.05) is 36.7 Å². The lowest BCUT2D eigenvalue weighted by Crippen LogP contribution is -2.37. The Morgan fingerprint density at radius 1 is 1.06 bits per heavy atom. The first kappa shape index (κ1) is 23.2. The van der Waals surface area contributed by atoms with E-state index in [-0.39, 0.29) is 5.91 Å². The van der Waals surface area contributed by atoms with Gasteiger partial charge in [-0.2, -0.15) is 5.10 Å². The van der Waals surface area contributed by atoms with Crippen LogP contribution >= 0.6 is 0 Å². The van der Waals surface area contributed by atoms with E-state index in [0.717, 1.165) is 21.5 Å². The van der Waals surface area contributed by atoms with Gasteiger partial charge in [0.1, 0.15) is 0 Å². The molecule has 1 amide bonds. The summed E-state index contributed by atoms with van der Waals surface area (Å²) in [5.41, 5.74) is 4.03. The molecule has 1 aromatic carbocycles. The number of carbonyl (C=O) groups is 1. The maximum absolute atomic E-state index is 12.5. The smallest absolute Gasteiger partial charge is 0.332 e. The van der Waals surface area contributed by atoms with Crippen LogP contribution in [0.4, 0.5) is 0 Å². The van der Waals surface area contributed by atoms with Gasteiger partial charge in [0.05, 0.1) is 18.6 Å². The standard InChI is InChI=1S/C24H29N7O3/c1-16-19(17(2)31(27-16)14-18-9-6-5-7-10-18)13-25-20(32)11-8-12-30-15-26-22-21(30)23(33)29(4)24(34)28(22)3/h5-7,9-10,15H,8,11-14H2,1-4H3,(H,25,32). The van der Waals surface area contributed by atoms with Gasteiger partial charge in [-0.25, -0.2) is 9.78 Å². The van der Waals surface area contributed by atoms with Crippen molar-refractivity contribution in [3.05, 3.63) is 80.0 Å². The number of imidazole rings is 1. The molecular formula is C24H29N7O3. The molecule has 0 aliphatic rings. The van der Waals surface area contributed by atoms with Crippen LogP contribution in [0.3, 0.4) is 0 Å². The number of nitrogens with zero attached hydrogens (tertiary/aromatic N) is 6. The first-order chi connectivity index (χ1) is 16.3. The van der Waals surface area contributed by atoms with E-state index in [2.05, 4.69) is 27.5 Å². The number of fused-ring (bicyclic) bond motifs is 1. The van der Waals surface area contributed by atoms with E-state index in [0.29, 0.717) is 43.6 Å². The van der Waals surface area contributed by atoms with Crippen molar-refractivity contribution in [2.75, 3.05) is 0 Å². The zero-order valence-corrected chi connectivity index (χ0v) is 19.9. The average Bonchev–Trinajstić information content (AvgIpc) is 3.36. The Labute approximate surface area is 196 Å². The molecule has 10 nitrogen and oxygen atoms in total. The summed E-state index contributed by atoms with van der Waals surface area (Å²) >= 11 is 0. The molecule has 34 heavy (non-hydrogen) atoms. The van der Waals surface area contributed by atoms with E-state index in [1.165, 1.54) is 23.5 Å². The molecule has 178 valence electrons. The fourth-order valence-electron chi connectivity index (χ4n) is 4.15. The lowest BCUT2D eigenvalue weighted by molar-refractivity contribution is -0.121. The highest BCUT2D eigenvalue weighted by molar-refractivity contribution is 5.76. The minimum atomic E-state index is -0.417. The van der Waals surface area contributed by atoms with Crippen LogP contribution in [0.2, 0.25) is 0 Å². The van der Waals surface area contributed by atoms with Crippen molar-refractivity contribution in [3.8, 4) is 0 Å². The molecule has 0 spiro atoms. The van der Waals surface area contributed by atoms with E-state index in [1.54, 1.807) is 11.6 Å². The summed E-state index contributed by atoms with van der Waals surface area (Å²) in [5, 5.41) is 7.62. The second-order valence-corrected chi connectivity index (χ2v) is 8.49. The number of hydrogen-bond donors (Lipinski definition) is 1. The van der Waals surface area contributed by atoms with Crippen LogP contribution < -0.4 is 16.6 Å². The number of amides is 1. The largest absolute Gasteiger partial charge is 0.352 e. The Balaban J connectivity index is 1.35. The lowest BCUT2D eigenvalue weighted by atomic mass is 10.2. The number of rotatable bonds is 8. The van der Waals surface area contributed by atoms with Gasteiger partial charge in [-0.3, -0.25) is 23.4 Å². The summed E-state index contributed by atoms with van der Waals surface area (Å²) in [4.78, 5) is 41.3. The summed E-state index contributed by atoms with van der Waals surface area (Å²) in [5.74, 6) is -0.0701. The van der Waals surface area contributed by atoms with Crippen LogP contribution in [-0.4, -0.2) is 34.4 Å². The van der Waals surface area contributed by atoms with Gasteiger partial charge in [-0.15, -0.1) is 0 Å². The van der Waals surface area contributed by atoms with Crippen LogP contribution in [0.1, 0.15) is 35.4 Å². The monoisotopic (exact) mass is 463 g/mol. The molecule has 3 heterocycles. The third-order valence-corrected chi connectivity index (χ3v) is 6.19. The summed E-state index contributed by atoms with van der Waals surface area (Å²) in [6.45, 7) is 5.52. The molecular weight excluding hydrogens is 434 g/mol. The Kier molecular flexibility index (Phi) is 6.49. The number of aryl methyl sites for hydroxylation is 3. The topological polar surface area (TPSA) is 109 Å². The predicted molar refractivity (Wildman–Crippen MR) is 129 cm³/mol. The molecule has 0 saturated heterocycles. The average molecular weight is 464 g/mol. The molecule has 0 atom stereocenters. The van der Waals surface area contributed by atoms with E-state index < -0.39 is 11.2 Å². The van der Waals surface area contributed by atoms with Gasteiger partial charge in [-0.1, -0.05) is 30.3 Å². The number of aromatic nitrogens is 6. The maximum Gasteiger partial charge on any atom is 0.332 e. The molecule has 0 unspecified atom stereocenters. The lowest BCUT2D eigenvalue weighted by Gasteiger charge is -2.08.